The van der Waals surface area contributed by atoms with Gasteiger partial charge in [-0.25, -0.2) is 8.42 Å². The number of carbonyl (C=O) groups excluding carboxylic acids is 2. The second-order valence-electron chi connectivity index (χ2n) is 9.92. The normalized spacial score (nSPS) is 14.9. The Hall–Kier alpha value is -2.49. The molecule has 0 bridgehead atoms. The van der Waals surface area contributed by atoms with Gasteiger partial charge < -0.3 is 15.0 Å². The van der Waals surface area contributed by atoms with Gasteiger partial charge in [0.2, 0.25) is 21.8 Å². The van der Waals surface area contributed by atoms with E-state index in [1.165, 1.54) is 18.6 Å². The number of sulfonamides is 1. The van der Waals surface area contributed by atoms with Gasteiger partial charge in [-0.3, -0.25) is 13.9 Å². The van der Waals surface area contributed by atoms with Gasteiger partial charge in [0.15, 0.2) is 0 Å². The summed E-state index contributed by atoms with van der Waals surface area (Å²) in [6.45, 7) is 2.00. The Balaban J connectivity index is 1.74. The molecule has 1 saturated carbocycles. The molecule has 11 heteroatoms. The molecule has 0 aromatic heterocycles. The summed E-state index contributed by atoms with van der Waals surface area (Å²) in [5, 5.41) is 3.71. The van der Waals surface area contributed by atoms with Gasteiger partial charge in [-0.15, -0.1) is 0 Å². The van der Waals surface area contributed by atoms with E-state index >= 15 is 0 Å². The predicted octanol–water partition coefficient (Wildman–Crippen LogP) is 5.41. The number of ether oxygens (including phenoxy) is 1. The molecule has 0 heterocycles. The van der Waals surface area contributed by atoms with Crippen molar-refractivity contribution < 1.29 is 22.7 Å². The Bertz CT molecular complexity index is 1230. The molecule has 39 heavy (non-hydrogen) atoms. The summed E-state index contributed by atoms with van der Waals surface area (Å²) in [5.41, 5.74) is 1.11. The van der Waals surface area contributed by atoms with Gasteiger partial charge >= 0.3 is 0 Å². The van der Waals surface area contributed by atoms with E-state index in [4.69, 9.17) is 27.9 Å². The van der Waals surface area contributed by atoms with Crippen LogP contribution < -0.4 is 14.4 Å². The second-order valence-corrected chi connectivity index (χ2v) is 12.7. The number of nitrogens with zero attached hydrogens (tertiary/aromatic N) is 2. The van der Waals surface area contributed by atoms with Crippen molar-refractivity contribution in [2.24, 2.45) is 0 Å². The Morgan fingerprint density at radius 1 is 1.08 bits per heavy atom. The summed E-state index contributed by atoms with van der Waals surface area (Å²) in [7, 11) is -2.11. The lowest BCUT2D eigenvalue weighted by Gasteiger charge is -2.31. The van der Waals surface area contributed by atoms with Crippen LogP contribution in [0.1, 0.15) is 57.4 Å². The number of hydrogen-bond donors (Lipinski definition) is 1. The van der Waals surface area contributed by atoms with E-state index in [1.807, 2.05) is 24.3 Å². The minimum atomic E-state index is -3.69. The van der Waals surface area contributed by atoms with Gasteiger partial charge in [-0.05, 0) is 62.1 Å². The number of hydrogen-bond acceptors (Lipinski definition) is 5. The van der Waals surface area contributed by atoms with Crippen molar-refractivity contribution in [1.29, 1.82) is 0 Å². The number of nitrogens with one attached hydrogen (secondary N) is 1. The van der Waals surface area contributed by atoms with Gasteiger partial charge in [-0.1, -0.05) is 54.6 Å². The van der Waals surface area contributed by atoms with Crippen LogP contribution in [0.25, 0.3) is 0 Å². The molecule has 2 aromatic rings. The lowest BCUT2D eigenvalue weighted by Crippen LogP contribution is -2.50. The number of anilines is 1. The zero-order chi connectivity index (χ0) is 28.6. The van der Waals surface area contributed by atoms with E-state index < -0.39 is 16.1 Å². The number of rotatable bonds is 12. The van der Waals surface area contributed by atoms with E-state index in [2.05, 4.69) is 5.32 Å². The van der Waals surface area contributed by atoms with Crippen molar-refractivity contribution in [1.82, 2.24) is 10.2 Å². The van der Waals surface area contributed by atoms with E-state index in [9.17, 15) is 18.0 Å². The van der Waals surface area contributed by atoms with Gasteiger partial charge in [-0.2, -0.15) is 0 Å². The zero-order valence-electron chi connectivity index (χ0n) is 22.7. The van der Waals surface area contributed by atoms with Crippen LogP contribution in [0.2, 0.25) is 10.0 Å². The molecule has 0 unspecified atom stereocenters. The van der Waals surface area contributed by atoms with Crippen LogP contribution in [0, 0.1) is 0 Å². The molecular weight excluding hydrogens is 561 g/mol. The lowest BCUT2D eigenvalue weighted by molar-refractivity contribution is -0.141. The minimum Gasteiger partial charge on any atom is -0.497 e. The quantitative estimate of drug-likeness (QED) is 0.352. The first-order valence-corrected chi connectivity index (χ1v) is 15.8. The fourth-order valence-corrected chi connectivity index (χ4v) is 6.14. The molecule has 214 valence electrons. The highest BCUT2D eigenvalue weighted by molar-refractivity contribution is 7.92. The average molecular weight is 599 g/mol. The van der Waals surface area contributed by atoms with E-state index in [-0.39, 0.29) is 54.5 Å². The van der Waals surface area contributed by atoms with Crippen LogP contribution in [-0.4, -0.2) is 57.1 Å². The molecule has 1 aliphatic carbocycles. The van der Waals surface area contributed by atoms with Gasteiger partial charge in [0, 0.05) is 30.6 Å². The minimum absolute atomic E-state index is 0.0314. The third kappa shape index (κ3) is 9.01. The van der Waals surface area contributed by atoms with Crippen LogP contribution in [0.15, 0.2) is 42.5 Å². The molecular formula is C28H37Cl2N3O5S. The van der Waals surface area contributed by atoms with Crippen molar-refractivity contribution in [3.8, 4) is 5.75 Å². The van der Waals surface area contributed by atoms with Gasteiger partial charge in [0.25, 0.3) is 0 Å². The highest BCUT2D eigenvalue weighted by Crippen LogP contribution is 2.31. The summed E-state index contributed by atoms with van der Waals surface area (Å²) in [4.78, 5) is 28.2. The number of amides is 2. The maximum absolute atomic E-state index is 13.5. The number of carbonyl (C=O) groups is 2. The molecule has 0 saturated heterocycles. The summed E-state index contributed by atoms with van der Waals surface area (Å²) in [6, 6.07) is 11.4. The second kappa shape index (κ2) is 14.2. The zero-order valence-corrected chi connectivity index (χ0v) is 25.0. The fraction of sp³-hybridized carbons (Fsp3) is 0.500. The van der Waals surface area contributed by atoms with Crippen LogP contribution >= 0.6 is 23.2 Å². The molecule has 3 rings (SSSR count). The predicted molar refractivity (Wildman–Crippen MR) is 156 cm³/mol. The number of halogens is 2. The van der Waals surface area contributed by atoms with Crippen molar-refractivity contribution in [3.63, 3.8) is 0 Å². The Morgan fingerprint density at radius 3 is 2.36 bits per heavy atom. The molecule has 2 aromatic carbocycles. The maximum atomic E-state index is 13.5. The Labute approximate surface area is 241 Å². The molecule has 0 spiro atoms. The standard InChI is InChI=1S/C28H37Cl2N3O5S/c1-20(28(35)31-23-8-5-4-6-9-23)32(19-21-11-14-24(38-2)15-12-21)27(34)10-7-17-33(39(3,36)37)26-18-22(29)13-16-25(26)30/h11-16,18,20,23H,4-10,17,19H2,1-3H3,(H,31,35)/t20-/m1/s1. The monoisotopic (exact) mass is 597 g/mol. The van der Waals surface area contributed by atoms with Crippen LogP contribution in [0.5, 0.6) is 5.75 Å². The molecule has 1 atom stereocenters. The first-order chi connectivity index (χ1) is 18.5. The van der Waals surface area contributed by atoms with Crippen molar-refractivity contribution in [2.75, 3.05) is 24.2 Å². The largest absolute Gasteiger partial charge is 0.497 e. The van der Waals surface area contributed by atoms with Crippen molar-refractivity contribution >= 4 is 50.7 Å². The molecule has 2 amide bonds. The van der Waals surface area contributed by atoms with Crippen LogP contribution in [0.4, 0.5) is 5.69 Å². The molecule has 0 radical (unpaired) electrons. The third-order valence-corrected chi connectivity index (χ3v) is 8.69. The van der Waals surface area contributed by atoms with Gasteiger partial charge in [0.05, 0.1) is 24.1 Å². The first kappa shape index (κ1) is 31.0. The molecule has 1 fully saturated rings. The topological polar surface area (TPSA) is 96.0 Å². The van der Waals surface area contributed by atoms with Crippen molar-refractivity contribution in [2.45, 2.75) is 70.5 Å². The molecule has 0 aliphatic heterocycles. The fourth-order valence-electron chi connectivity index (χ4n) is 4.74. The Morgan fingerprint density at radius 2 is 1.74 bits per heavy atom. The van der Waals surface area contributed by atoms with Gasteiger partial charge in [0.1, 0.15) is 11.8 Å². The number of methoxy groups -OCH3 is 1. The molecule has 1 aliphatic rings. The lowest BCUT2D eigenvalue weighted by atomic mass is 9.95. The molecule has 1 N–H and O–H groups in total. The molecule has 8 nitrogen and oxygen atoms in total. The SMILES string of the molecule is COc1ccc(CN(C(=O)CCCN(c2cc(Cl)ccc2Cl)S(C)(=O)=O)[C@H](C)C(=O)NC2CCCCC2)cc1. The van der Waals surface area contributed by atoms with Crippen LogP contribution in [-0.2, 0) is 26.2 Å². The third-order valence-electron chi connectivity index (χ3n) is 6.96. The highest BCUT2D eigenvalue weighted by Gasteiger charge is 2.28. The van der Waals surface area contributed by atoms with E-state index in [1.54, 1.807) is 25.0 Å². The maximum Gasteiger partial charge on any atom is 0.242 e. The van der Waals surface area contributed by atoms with E-state index in [0.29, 0.717) is 10.8 Å². The highest BCUT2D eigenvalue weighted by atomic mass is 35.5. The number of benzene rings is 2. The smallest absolute Gasteiger partial charge is 0.242 e. The van der Waals surface area contributed by atoms with Crippen molar-refractivity contribution in [3.05, 3.63) is 58.1 Å². The first-order valence-electron chi connectivity index (χ1n) is 13.1. The Kier molecular flexibility index (Phi) is 11.3. The summed E-state index contributed by atoms with van der Waals surface area (Å²) < 4.78 is 31.5. The summed E-state index contributed by atoms with van der Waals surface area (Å²) >= 11 is 12.3. The summed E-state index contributed by atoms with van der Waals surface area (Å²) in [6.07, 6.45) is 6.58. The average Bonchev–Trinajstić information content (AvgIpc) is 2.91. The summed E-state index contributed by atoms with van der Waals surface area (Å²) in [5.74, 6) is 0.259. The van der Waals surface area contributed by atoms with Crippen LogP contribution in [0.3, 0.4) is 0 Å². The van der Waals surface area contributed by atoms with E-state index in [0.717, 1.165) is 41.8 Å².